The van der Waals surface area contributed by atoms with Crippen LogP contribution in [-0.4, -0.2) is 43.4 Å². The van der Waals surface area contributed by atoms with Gasteiger partial charge in [-0.2, -0.15) is 0 Å². The summed E-state index contributed by atoms with van der Waals surface area (Å²) in [7, 11) is 0. The predicted molar refractivity (Wildman–Crippen MR) is 73.2 cm³/mol. The maximum atomic E-state index is 11.7. The summed E-state index contributed by atoms with van der Waals surface area (Å²) in [6, 6.07) is -0.135. The van der Waals surface area contributed by atoms with Crippen LogP contribution < -0.4 is 10.6 Å². The predicted octanol–water partition coefficient (Wildman–Crippen LogP) is 0.724. The van der Waals surface area contributed by atoms with Gasteiger partial charge in [-0.1, -0.05) is 11.8 Å². The van der Waals surface area contributed by atoms with Crippen LogP contribution in [0.4, 0.5) is 4.79 Å². The molecule has 9 heteroatoms. The van der Waals surface area contributed by atoms with E-state index in [9.17, 15) is 9.59 Å². The standard InChI is InChI=1S/C11H18N6O2S/c1-11(2,3)13-9(19)12-8(18)6-20-10-14-15-16-17(10)7-4-5-7/h7H,4-6H2,1-3H3,(H2,12,13,18,19). The number of hydrogen-bond donors (Lipinski definition) is 2. The van der Waals surface area contributed by atoms with Gasteiger partial charge in [0.25, 0.3) is 0 Å². The lowest BCUT2D eigenvalue weighted by atomic mass is 10.1. The first kappa shape index (κ1) is 14.8. The Morgan fingerprint density at radius 3 is 2.70 bits per heavy atom. The van der Waals surface area contributed by atoms with E-state index in [2.05, 4.69) is 26.2 Å². The summed E-state index contributed by atoms with van der Waals surface area (Å²) in [5.41, 5.74) is -0.381. The summed E-state index contributed by atoms with van der Waals surface area (Å²) < 4.78 is 1.73. The highest BCUT2D eigenvalue weighted by Gasteiger charge is 2.28. The Morgan fingerprint density at radius 2 is 2.10 bits per heavy atom. The third kappa shape index (κ3) is 4.48. The summed E-state index contributed by atoms with van der Waals surface area (Å²) >= 11 is 1.22. The number of aromatic nitrogens is 4. The number of amides is 3. The minimum Gasteiger partial charge on any atom is -0.333 e. The molecule has 1 fully saturated rings. The van der Waals surface area contributed by atoms with Gasteiger partial charge in [-0.15, -0.1) is 5.10 Å². The number of rotatable bonds is 4. The third-order valence-corrected chi connectivity index (χ3v) is 3.36. The van der Waals surface area contributed by atoms with E-state index in [0.717, 1.165) is 12.8 Å². The molecule has 1 aromatic heterocycles. The van der Waals surface area contributed by atoms with E-state index in [1.807, 2.05) is 20.8 Å². The molecule has 0 bridgehead atoms. The average Bonchev–Trinajstić information content (AvgIpc) is 3.03. The maximum absolute atomic E-state index is 11.7. The van der Waals surface area contributed by atoms with Crippen molar-refractivity contribution in [2.45, 2.75) is 50.4 Å². The van der Waals surface area contributed by atoms with Crippen molar-refractivity contribution in [2.75, 3.05) is 5.75 Å². The molecule has 8 nitrogen and oxygen atoms in total. The number of carbonyl (C=O) groups excluding carboxylic acids is 2. The van der Waals surface area contributed by atoms with Gasteiger partial charge >= 0.3 is 6.03 Å². The van der Waals surface area contributed by atoms with Crippen molar-refractivity contribution in [3.63, 3.8) is 0 Å². The molecule has 3 amide bonds. The molecule has 1 aromatic rings. The van der Waals surface area contributed by atoms with E-state index in [1.165, 1.54) is 11.8 Å². The second kappa shape index (κ2) is 5.78. The number of nitrogens with one attached hydrogen (secondary N) is 2. The van der Waals surface area contributed by atoms with Gasteiger partial charge in [0.2, 0.25) is 11.1 Å². The smallest absolute Gasteiger partial charge is 0.321 e. The van der Waals surface area contributed by atoms with Crippen LogP contribution in [-0.2, 0) is 4.79 Å². The van der Waals surface area contributed by atoms with E-state index in [0.29, 0.717) is 11.2 Å². The van der Waals surface area contributed by atoms with E-state index in [4.69, 9.17) is 0 Å². The van der Waals surface area contributed by atoms with Crippen LogP contribution in [0.2, 0.25) is 0 Å². The Morgan fingerprint density at radius 1 is 1.40 bits per heavy atom. The van der Waals surface area contributed by atoms with Gasteiger partial charge in [-0.25, -0.2) is 9.48 Å². The average molecular weight is 298 g/mol. The Balaban J connectivity index is 1.77. The maximum Gasteiger partial charge on any atom is 0.321 e. The largest absolute Gasteiger partial charge is 0.333 e. The summed E-state index contributed by atoms with van der Waals surface area (Å²) in [4.78, 5) is 23.2. The van der Waals surface area contributed by atoms with Crippen LogP contribution in [0.15, 0.2) is 5.16 Å². The lowest BCUT2D eigenvalue weighted by Crippen LogP contribution is -2.48. The second-order valence-electron chi connectivity index (χ2n) is 5.68. The molecule has 0 aliphatic heterocycles. The third-order valence-electron chi connectivity index (χ3n) is 2.43. The van der Waals surface area contributed by atoms with Crippen molar-refractivity contribution in [1.82, 2.24) is 30.8 Å². The lowest BCUT2D eigenvalue weighted by molar-refractivity contribution is -0.117. The Hall–Kier alpha value is -1.64. The SMILES string of the molecule is CC(C)(C)NC(=O)NC(=O)CSc1nnnn1C1CC1. The Bertz CT molecular complexity index is 505. The van der Waals surface area contributed by atoms with Crippen LogP contribution in [0.5, 0.6) is 0 Å². The van der Waals surface area contributed by atoms with E-state index in [1.54, 1.807) is 4.68 Å². The minimum absolute atomic E-state index is 0.102. The lowest BCUT2D eigenvalue weighted by Gasteiger charge is -2.20. The number of urea groups is 1. The summed E-state index contributed by atoms with van der Waals surface area (Å²) in [6.45, 7) is 5.53. The van der Waals surface area contributed by atoms with Crippen molar-refractivity contribution in [3.05, 3.63) is 0 Å². The molecule has 110 valence electrons. The van der Waals surface area contributed by atoms with Gasteiger partial charge in [0.15, 0.2) is 0 Å². The monoisotopic (exact) mass is 298 g/mol. The highest BCUT2D eigenvalue weighted by atomic mass is 32.2. The van der Waals surface area contributed by atoms with Crippen molar-refractivity contribution >= 4 is 23.7 Å². The van der Waals surface area contributed by atoms with E-state index >= 15 is 0 Å². The van der Waals surface area contributed by atoms with Gasteiger partial charge < -0.3 is 5.32 Å². The van der Waals surface area contributed by atoms with Crippen LogP contribution in [0.3, 0.4) is 0 Å². The first-order valence-corrected chi connectivity index (χ1v) is 7.36. The van der Waals surface area contributed by atoms with Crippen LogP contribution in [0.25, 0.3) is 0 Å². The fraction of sp³-hybridized carbons (Fsp3) is 0.727. The van der Waals surface area contributed by atoms with Crippen molar-refractivity contribution in [3.8, 4) is 0 Å². The van der Waals surface area contributed by atoms with Crippen molar-refractivity contribution < 1.29 is 9.59 Å². The summed E-state index contributed by atoms with van der Waals surface area (Å²) in [5, 5.41) is 16.9. The Labute approximate surface area is 121 Å². The number of nitrogens with zero attached hydrogens (tertiary/aromatic N) is 4. The second-order valence-corrected chi connectivity index (χ2v) is 6.62. The minimum atomic E-state index is -0.495. The molecule has 0 spiro atoms. The highest BCUT2D eigenvalue weighted by molar-refractivity contribution is 7.99. The zero-order chi connectivity index (χ0) is 14.8. The molecule has 1 heterocycles. The fourth-order valence-corrected chi connectivity index (χ4v) is 2.24. The molecular weight excluding hydrogens is 280 g/mol. The summed E-state index contributed by atoms with van der Waals surface area (Å²) in [6.07, 6.45) is 2.14. The van der Waals surface area contributed by atoms with Crippen LogP contribution >= 0.6 is 11.8 Å². The van der Waals surface area contributed by atoms with E-state index < -0.39 is 6.03 Å². The number of imide groups is 1. The molecule has 0 saturated heterocycles. The molecule has 20 heavy (non-hydrogen) atoms. The zero-order valence-corrected chi connectivity index (χ0v) is 12.5. The summed E-state index contributed by atoms with van der Waals surface area (Å²) in [5.74, 6) is -0.271. The van der Waals surface area contributed by atoms with Crippen molar-refractivity contribution in [1.29, 1.82) is 0 Å². The molecular formula is C11H18N6O2S. The molecule has 2 rings (SSSR count). The first-order chi connectivity index (χ1) is 9.35. The number of thioether (sulfide) groups is 1. The van der Waals surface area contributed by atoms with Crippen LogP contribution in [0, 0.1) is 0 Å². The molecule has 1 aliphatic rings. The van der Waals surface area contributed by atoms with Crippen molar-refractivity contribution in [2.24, 2.45) is 0 Å². The van der Waals surface area contributed by atoms with Gasteiger partial charge in [0.1, 0.15) is 0 Å². The quantitative estimate of drug-likeness (QED) is 0.794. The molecule has 1 aliphatic carbocycles. The van der Waals surface area contributed by atoms with Crippen LogP contribution in [0.1, 0.15) is 39.7 Å². The molecule has 2 N–H and O–H groups in total. The molecule has 1 saturated carbocycles. The van der Waals surface area contributed by atoms with Gasteiger partial charge in [-0.05, 0) is 44.0 Å². The topological polar surface area (TPSA) is 102 Å². The molecule has 0 aromatic carbocycles. The van der Waals surface area contributed by atoms with Gasteiger partial charge in [0.05, 0.1) is 11.8 Å². The number of hydrogen-bond acceptors (Lipinski definition) is 6. The first-order valence-electron chi connectivity index (χ1n) is 6.38. The molecule has 0 unspecified atom stereocenters. The van der Waals surface area contributed by atoms with Gasteiger partial charge in [-0.3, -0.25) is 10.1 Å². The Kier molecular flexibility index (Phi) is 4.26. The highest BCUT2D eigenvalue weighted by Crippen LogP contribution is 2.36. The number of tetrazole rings is 1. The fourth-order valence-electron chi connectivity index (χ4n) is 1.49. The van der Waals surface area contributed by atoms with E-state index in [-0.39, 0.29) is 17.2 Å². The number of carbonyl (C=O) groups is 2. The van der Waals surface area contributed by atoms with Gasteiger partial charge in [0, 0.05) is 5.54 Å². The molecule has 0 radical (unpaired) electrons. The molecule has 0 atom stereocenters. The normalized spacial score (nSPS) is 14.9. The zero-order valence-electron chi connectivity index (χ0n) is 11.7.